The Morgan fingerprint density at radius 1 is 1.12 bits per heavy atom. The Bertz CT molecular complexity index is 797. The Morgan fingerprint density at radius 2 is 1.83 bits per heavy atom. The van der Waals surface area contributed by atoms with Crippen LogP contribution in [0.3, 0.4) is 0 Å². The maximum Gasteiger partial charge on any atom is 0.144 e. The largest absolute Gasteiger partial charge is 0.481 e. The molecule has 0 spiro atoms. The molecule has 3 nitrogen and oxygen atoms in total. The summed E-state index contributed by atoms with van der Waals surface area (Å²) in [5.41, 5.74) is 2.81. The van der Waals surface area contributed by atoms with E-state index in [9.17, 15) is 4.21 Å². The summed E-state index contributed by atoms with van der Waals surface area (Å²) in [6.45, 7) is 5.85. The van der Waals surface area contributed by atoms with Gasteiger partial charge in [0.25, 0.3) is 0 Å². The molecular formula is C19H20BrNO2S. The fourth-order valence-electron chi connectivity index (χ4n) is 2.38. The fraction of sp³-hybridized carbons (Fsp3) is 0.263. The molecule has 1 aliphatic heterocycles. The van der Waals surface area contributed by atoms with Crippen molar-refractivity contribution in [2.75, 3.05) is 0 Å². The highest BCUT2D eigenvalue weighted by Crippen LogP contribution is 2.38. The van der Waals surface area contributed by atoms with Crippen molar-refractivity contribution in [2.24, 2.45) is 0 Å². The lowest BCUT2D eigenvalue weighted by atomic mass is 10.0. The van der Waals surface area contributed by atoms with Crippen molar-refractivity contribution in [2.45, 2.75) is 31.6 Å². The van der Waals surface area contributed by atoms with E-state index in [0.717, 1.165) is 27.0 Å². The monoisotopic (exact) mass is 405 g/mol. The third-order valence-corrected chi connectivity index (χ3v) is 5.70. The van der Waals surface area contributed by atoms with Crippen LogP contribution in [0.1, 0.15) is 38.0 Å². The normalized spacial score (nSPS) is 18.2. The van der Waals surface area contributed by atoms with E-state index in [1.165, 1.54) is 0 Å². The van der Waals surface area contributed by atoms with E-state index in [1.807, 2.05) is 75.4 Å². The van der Waals surface area contributed by atoms with Crippen LogP contribution in [-0.2, 0) is 11.0 Å². The van der Waals surface area contributed by atoms with Crippen molar-refractivity contribution in [3.63, 3.8) is 0 Å². The van der Waals surface area contributed by atoms with Gasteiger partial charge < -0.3 is 9.46 Å². The molecule has 1 N–H and O–H groups in total. The molecule has 0 aliphatic carbocycles. The van der Waals surface area contributed by atoms with Gasteiger partial charge in [-0.25, -0.2) is 4.21 Å². The quantitative estimate of drug-likeness (QED) is 0.781. The maximum atomic E-state index is 12.6. The molecule has 0 saturated carbocycles. The number of benzene rings is 2. The Labute approximate surface area is 153 Å². The molecule has 0 amide bonds. The molecule has 3 rings (SSSR count). The van der Waals surface area contributed by atoms with E-state index in [1.54, 1.807) is 0 Å². The van der Waals surface area contributed by atoms with Gasteiger partial charge in [0.2, 0.25) is 0 Å². The van der Waals surface area contributed by atoms with Crippen molar-refractivity contribution in [3.8, 4) is 5.75 Å². The smallest absolute Gasteiger partial charge is 0.144 e. The standard InChI is InChI=1S/C19H20BrNO2S/c1-19(2,3)24(22)21-16-12-18(13-7-5-4-6-8-13)23-17-10-9-14(20)11-15(16)17/h4-12,18,21H,1-3H3. The van der Waals surface area contributed by atoms with Gasteiger partial charge in [0.1, 0.15) is 22.8 Å². The molecule has 2 atom stereocenters. The minimum Gasteiger partial charge on any atom is -0.481 e. The van der Waals surface area contributed by atoms with Gasteiger partial charge in [-0.15, -0.1) is 0 Å². The summed E-state index contributed by atoms with van der Waals surface area (Å²) in [5, 5.41) is 0. The first kappa shape index (κ1) is 17.2. The first-order valence-corrected chi connectivity index (χ1v) is 9.71. The van der Waals surface area contributed by atoms with Crippen LogP contribution >= 0.6 is 15.9 Å². The van der Waals surface area contributed by atoms with Crippen molar-refractivity contribution < 1.29 is 8.95 Å². The van der Waals surface area contributed by atoms with Crippen LogP contribution in [-0.4, -0.2) is 8.96 Å². The van der Waals surface area contributed by atoms with Gasteiger partial charge in [0, 0.05) is 10.0 Å². The van der Waals surface area contributed by atoms with Gasteiger partial charge in [-0.1, -0.05) is 46.3 Å². The van der Waals surface area contributed by atoms with Gasteiger partial charge in [-0.3, -0.25) is 0 Å². The number of nitrogens with one attached hydrogen (secondary N) is 1. The summed E-state index contributed by atoms with van der Waals surface area (Å²) in [4.78, 5) is 0. The third kappa shape index (κ3) is 3.73. The molecule has 0 fully saturated rings. The second-order valence-electron chi connectivity index (χ2n) is 6.65. The van der Waals surface area contributed by atoms with Crippen LogP contribution in [0.25, 0.3) is 5.70 Å². The van der Waals surface area contributed by atoms with Gasteiger partial charge >= 0.3 is 0 Å². The lowest BCUT2D eigenvalue weighted by Gasteiger charge is -2.28. The molecule has 2 aromatic carbocycles. The van der Waals surface area contributed by atoms with E-state index in [4.69, 9.17) is 4.74 Å². The van der Waals surface area contributed by atoms with Crippen LogP contribution in [0.4, 0.5) is 0 Å². The first-order valence-electron chi connectivity index (χ1n) is 7.76. The first-order chi connectivity index (χ1) is 11.3. The molecule has 0 aromatic heterocycles. The highest BCUT2D eigenvalue weighted by atomic mass is 79.9. The van der Waals surface area contributed by atoms with Crippen LogP contribution in [0, 0.1) is 0 Å². The number of hydrogen-bond acceptors (Lipinski definition) is 2. The number of ether oxygens (including phenoxy) is 1. The summed E-state index contributed by atoms with van der Waals surface area (Å²) in [5.74, 6) is 0.781. The molecule has 5 heteroatoms. The molecule has 1 heterocycles. The molecule has 0 radical (unpaired) electrons. The molecule has 0 saturated heterocycles. The zero-order valence-electron chi connectivity index (χ0n) is 13.9. The van der Waals surface area contributed by atoms with Gasteiger partial charge in [0.15, 0.2) is 0 Å². The average Bonchev–Trinajstić information content (AvgIpc) is 2.55. The molecule has 2 unspecified atom stereocenters. The Balaban J connectivity index is 2.02. The van der Waals surface area contributed by atoms with Crippen molar-refractivity contribution >= 4 is 32.6 Å². The van der Waals surface area contributed by atoms with Crippen LogP contribution in [0.2, 0.25) is 0 Å². The van der Waals surface area contributed by atoms with Gasteiger partial charge in [0.05, 0.1) is 10.4 Å². The van der Waals surface area contributed by atoms with Crippen molar-refractivity contribution in [3.05, 3.63) is 70.2 Å². The third-order valence-electron chi connectivity index (χ3n) is 3.69. The highest BCUT2D eigenvalue weighted by molar-refractivity contribution is 9.10. The van der Waals surface area contributed by atoms with E-state index in [-0.39, 0.29) is 10.9 Å². The second kappa shape index (κ2) is 6.73. The predicted molar refractivity (Wildman–Crippen MR) is 103 cm³/mol. The zero-order chi connectivity index (χ0) is 17.3. The summed E-state index contributed by atoms with van der Waals surface area (Å²) in [6.07, 6.45) is 1.78. The lowest BCUT2D eigenvalue weighted by molar-refractivity contribution is 0.250. The SMILES string of the molecule is CC(C)(C)S(=O)NC1=CC(c2ccccc2)Oc2ccc(Br)cc21. The minimum absolute atomic E-state index is 0.209. The van der Waals surface area contributed by atoms with E-state index in [2.05, 4.69) is 20.7 Å². The summed E-state index contributed by atoms with van der Waals surface area (Å²) in [6, 6.07) is 15.9. The topological polar surface area (TPSA) is 38.3 Å². The zero-order valence-corrected chi connectivity index (χ0v) is 16.3. The molecule has 24 heavy (non-hydrogen) atoms. The van der Waals surface area contributed by atoms with Crippen molar-refractivity contribution in [1.82, 2.24) is 4.72 Å². The molecule has 1 aliphatic rings. The Kier molecular flexibility index (Phi) is 4.83. The second-order valence-corrected chi connectivity index (χ2v) is 9.54. The van der Waals surface area contributed by atoms with Crippen LogP contribution in [0.5, 0.6) is 5.75 Å². The lowest BCUT2D eigenvalue weighted by Crippen LogP contribution is -2.33. The fourth-order valence-corrected chi connectivity index (χ4v) is 3.42. The Morgan fingerprint density at radius 3 is 2.50 bits per heavy atom. The number of halogens is 1. The molecular weight excluding hydrogens is 386 g/mol. The number of hydrogen-bond donors (Lipinski definition) is 1. The van der Waals surface area contributed by atoms with E-state index >= 15 is 0 Å². The summed E-state index contributed by atoms with van der Waals surface area (Å²) in [7, 11) is -1.21. The Hall–Kier alpha value is -1.59. The van der Waals surface area contributed by atoms with Gasteiger partial charge in [-0.05, 0) is 50.6 Å². The van der Waals surface area contributed by atoms with Crippen molar-refractivity contribution in [1.29, 1.82) is 0 Å². The minimum atomic E-state index is -1.21. The number of rotatable bonds is 3. The summed E-state index contributed by atoms with van der Waals surface area (Å²) >= 11 is 3.50. The highest BCUT2D eigenvalue weighted by Gasteiger charge is 2.26. The molecule has 2 aromatic rings. The molecule has 0 bridgehead atoms. The molecule has 126 valence electrons. The van der Waals surface area contributed by atoms with Crippen LogP contribution in [0.15, 0.2) is 59.1 Å². The maximum absolute atomic E-state index is 12.6. The average molecular weight is 406 g/mol. The van der Waals surface area contributed by atoms with E-state index in [0.29, 0.717) is 0 Å². The summed E-state index contributed by atoms with van der Waals surface area (Å²) < 4.78 is 22.5. The predicted octanol–water partition coefficient (Wildman–Crippen LogP) is 4.98. The number of fused-ring (bicyclic) bond motifs is 1. The van der Waals surface area contributed by atoms with E-state index < -0.39 is 11.0 Å². The van der Waals surface area contributed by atoms with Gasteiger partial charge in [-0.2, -0.15) is 0 Å². The van der Waals surface area contributed by atoms with Crippen LogP contribution < -0.4 is 9.46 Å².